The van der Waals surface area contributed by atoms with E-state index in [0.717, 1.165) is 0 Å². The lowest BCUT2D eigenvalue weighted by Gasteiger charge is -2.27. The Labute approximate surface area is 119 Å². The highest BCUT2D eigenvalue weighted by Crippen LogP contribution is 2.51. The predicted molar refractivity (Wildman–Crippen MR) is 86.4 cm³/mol. The first-order valence-electron chi connectivity index (χ1n) is 6.85. The third-order valence-electron chi connectivity index (χ3n) is 4.02. The summed E-state index contributed by atoms with van der Waals surface area (Å²) in [6, 6.07) is 23.6. The van der Waals surface area contributed by atoms with Gasteiger partial charge in [-0.25, -0.2) is 0 Å². The van der Waals surface area contributed by atoms with E-state index in [-0.39, 0.29) is 0 Å². The van der Waals surface area contributed by atoms with Gasteiger partial charge in [0.25, 0.3) is 0 Å². The largest absolute Gasteiger partial charge is 0.0984 e. The summed E-state index contributed by atoms with van der Waals surface area (Å²) in [5, 5.41) is 0. The van der Waals surface area contributed by atoms with E-state index < -0.39 is 0 Å². The van der Waals surface area contributed by atoms with Crippen LogP contribution in [0.25, 0.3) is 39.5 Å². The van der Waals surface area contributed by atoms with Crippen molar-refractivity contribution in [1.29, 1.82) is 0 Å². The van der Waals surface area contributed by atoms with Crippen LogP contribution in [0.4, 0.5) is 0 Å². The second kappa shape index (κ2) is 4.21. The molecule has 0 amide bonds. The molecule has 20 heavy (non-hydrogen) atoms. The molecule has 0 fully saturated rings. The highest BCUT2D eigenvalue weighted by Gasteiger charge is 2.25. The summed E-state index contributed by atoms with van der Waals surface area (Å²) >= 11 is 0. The van der Waals surface area contributed by atoms with E-state index in [1.54, 1.807) is 0 Å². The molecule has 0 aliphatic heterocycles. The molecule has 1 aliphatic carbocycles. The summed E-state index contributed by atoms with van der Waals surface area (Å²) in [6.07, 6.45) is 1.93. The molecule has 0 heterocycles. The maximum atomic E-state index is 3.93. The Morgan fingerprint density at radius 3 is 1.85 bits per heavy atom. The minimum absolute atomic E-state index is 1.19. The second-order valence-corrected chi connectivity index (χ2v) is 5.07. The van der Waals surface area contributed by atoms with E-state index in [9.17, 15) is 0 Å². The van der Waals surface area contributed by atoms with Gasteiger partial charge in [0.1, 0.15) is 0 Å². The average molecular weight is 254 g/mol. The topological polar surface area (TPSA) is 0 Å². The number of rotatable bonds is 2. The van der Waals surface area contributed by atoms with Crippen molar-refractivity contribution >= 4 is 6.08 Å². The van der Waals surface area contributed by atoms with Gasteiger partial charge in [0, 0.05) is 0 Å². The molecule has 0 N–H and O–H groups in total. The number of benzene rings is 3. The van der Waals surface area contributed by atoms with Crippen LogP contribution in [0.2, 0.25) is 0 Å². The zero-order valence-corrected chi connectivity index (χ0v) is 11.1. The van der Waals surface area contributed by atoms with Crippen molar-refractivity contribution in [2.75, 3.05) is 0 Å². The van der Waals surface area contributed by atoms with E-state index in [1.807, 2.05) is 6.08 Å². The molecular formula is C20H14. The lowest BCUT2D eigenvalue weighted by atomic mass is 9.76. The van der Waals surface area contributed by atoms with Gasteiger partial charge in [0.05, 0.1) is 0 Å². The van der Waals surface area contributed by atoms with E-state index in [1.165, 1.54) is 38.9 Å². The molecule has 0 atom stereocenters. The van der Waals surface area contributed by atoms with Crippen LogP contribution < -0.4 is 0 Å². The Balaban J connectivity index is 1.99. The molecular weight excluding hydrogens is 240 g/mol. The van der Waals surface area contributed by atoms with Gasteiger partial charge >= 0.3 is 0 Å². The summed E-state index contributed by atoms with van der Waals surface area (Å²) in [7, 11) is 0. The minimum Gasteiger partial charge on any atom is -0.0984 e. The summed E-state index contributed by atoms with van der Waals surface area (Å²) in [5.41, 5.74) is 9.20. The molecule has 0 saturated carbocycles. The van der Waals surface area contributed by atoms with Gasteiger partial charge in [-0.2, -0.15) is 0 Å². The van der Waals surface area contributed by atoms with Crippen LogP contribution in [-0.4, -0.2) is 0 Å². The fraction of sp³-hybridized carbons (Fsp3) is 0. The van der Waals surface area contributed by atoms with Gasteiger partial charge in [-0.3, -0.25) is 0 Å². The molecule has 0 heteroatoms. The molecule has 4 rings (SSSR count). The van der Waals surface area contributed by atoms with E-state index in [4.69, 9.17) is 0 Å². The smallest absolute Gasteiger partial charge is 0.00201 e. The van der Waals surface area contributed by atoms with Crippen molar-refractivity contribution in [2.24, 2.45) is 0 Å². The molecule has 3 aromatic carbocycles. The monoisotopic (exact) mass is 254 g/mol. The standard InChI is InChI=1S/C20H14/c1-2-14-8-3-4-9-15(14)17-12-7-13-19-16-10-5-6-11-18(16)20(17)19/h2-13H,1H2. The Bertz CT molecular complexity index is 825. The van der Waals surface area contributed by atoms with Crippen LogP contribution >= 0.6 is 0 Å². The summed E-state index contributed by atoms with van der Waals surface area (Å²) in [4.78, 5) is 0. The first-order valence-corrected chi connectivity index (χ1v) is 6.85. The normalized spacial score (nSPS) is 11.2. The van der Waals surface area contributed by atoms with E-state index in [2.05, 4.69) is 73.3 Å². The van der Waals surface area contributed by atoms with Gasteiger partial charge in [-0.1, -0.05) is 79.4 Å². The van der Waals surface area contributed by atoms with Crippen molar-refractivity contribution < 1.29 is 0 Å². The van der Waals surface area contributed by atoms with Gasteiger partial charge in [0.2, 0.25) is 0 Å². The lowest BCUT2D eigenvalue weighted by molar-refractivity contribution is 1.50. The molecule has 3 aromatic rings. The van der Waals surface area contributed by atoms with E-state index in [0.29, 0.717) is 0 Å². The third-order valence-corrected chi connectivity index (χ3v) is 4.02. The van der Waals surface area contributed by atoms with Crippen LogP contribution in [0.15, 0.2) is 73.3 Å². The number of hydrogen-bond donors (Lipinski definition) is 0. The molecule has 0 spiro atoms. The second-order valence-electron chi connectivity index (χ2n) is 5.07. The highest BCUT2D eigenvalue weighted by molar-refractivity contribution is 6.09. The zero-order valence-electron chi connectivity index (χ0n) is 11.1. The molecule has 0 nitrogen and oxygen atoms in total. The SMILES string of the molecule is C=Cc1ccccc1-c1cccc2c1-c1ccccc1-2. The molecule has 0 unspecified atom stereocenters. The summed E-state index contributed by atoms with van der Waals surface area (Å²) < 4.78 is 0. The molecule has 0 aromatic heterocycles. The Morgan fingerprint density at radius 1 is 0.550 bits per heavy atom. The van der Waals surface area contributed by atoms with Crippen molar-refractivity contribution in [2.45, 2.75) is 0 Å². The summed E-state index contributed by atoms with van der Waals surface area (Å²) in [6.45, 7) is 3.93. The van der Waals surface area contributed by atoms with Crippen molar-refractivity contribution in [3.63, 3.8) is 0 Å². The van der Waals surface area contributed by atoms with Crippen molar-refractivity contribution in [3.8, 4) is 33.4 Å². The van der Waals surface area contributed by atoms with E-state index >= 15 is 0 Å². The molecule has 0 bridgehead atoms. The quantitative estimate of drug-likeness (QED) is 0.434. The zero-order chi connectivity index (χ0) is 13.5. The molecule has 0 radical (unpaired) electrons. The van der Waals surface area contributed by atoms with Gasteiger partial charge in [-0.15, -0.1) is 0 Å². The summed E-state index contributed by atoms with van der Waals surface area (Å²) in [5.74, 6) is 0. The van der Waals surface area contributed by atoms with Crippen molar-refractivity contribution in [1.82, 2.24) is 0 Å². The number of hydrogen-bond acceptors (Lipinski definition) is 0. The maximum Gasteiger partial charge on any atom is -0.00201 e. The van der Waals surface area contributed by atoms with Crippen LogP contribution in [0, 0.1) is 0 Å². The highest BCUT2D eigenvalue weighted by atomic mass is 14.3. The Kier molecular flexibility index (Phi) is 2.37. The number of fused-ring (bicyclic) bond motifs is 4. The third kappa shape index (κ3) is 1.42. The fourth-order valence-electron chi connectivity index (χ4n) is 3.09. The Hall–Kier alpha value is -2.60. The Morgan fingerprint density at radius 2 is 1.10 bits per heavy atom. The molecule has 94 valence electrons. The maximum absolute atomic E-state index is 3.93. The van der Waals surface area contributed by atoms with Crippen LogP contribution in [0.5, 0.6) is 0 Å². The van der Waals surface area contributed by atoms with Crippen molar-refractivity contribution in [3.05, 3.63) is 78.9 Å². The average Bonchev–Trinajstić information content (AvgIpc) is 2.51. The van der Waals surface area contributed by atoms with Crippen LogP contribution in [0.1, 0.15) is 5.56 Å². The first kappa shape index (κ1) is 11.2. The fourth-order valence-corrected chi connectivity index (χ4v) is 3.09. The molecule has 0 saturated heterocycles. The lowest BCUT2D eigenvalue weighted by Crippen LogP contribution is -2.00. The van der Waals surface area contributed by atoms with Gasteiger partial charge in [-0.05, 0) is 38.9 Å². The minimum atomic E-state index is 1.19. The predicted octanol–water partition coefficient (Wildman–Crippen LogP) is 5.64. The van der Waals surface area contributed by atoms with Gasteiger partial charge in [0.15, 0.2) is 0 Å². The van der Waals surface area contributed by atoms with Gasteiger partial charge < -0.3 is 0 Å². The molecule has 1 aliphatic rings. The van der Waals surface area contributed by atoms with Crippen LogP contribution in [0.3, 0.4) is 0 Å². The van der Waals surface area contributed by atoms with Crippen LogP contribution in [-0.2, 0) is 0 Å². The first-order chi connectivity index (χ1) is 9.90.